The summed E-state index contributed by atoms with van der Waals surface area (Å²) in [6.45, 7) is 5.33. The first kappa shape index (κ1) is 26.4. The topological polar surface area (TPSA) is 123 Å². The third-order valence-corrected chi connectivity index (χ3v) is 7.31. The van der Waals surface area contributed by atoms with Crippen LogP contribution in [0.2, 0.25) is 0 Å². The van der Waals surface area contributed by atoms with Gasteiger partial charge in [0.25, 0.3) is 5.91 Å². The molecule has 0 saturated carbocycles. The SMILES string of the molecule is CCOC(=O)c1cnc(N(C)Cc2cc3nc(-c4cccc(C(=O)NC)c4)nc(N4CCOCC4)c3s2)nc1. The van der Waals surface area contributed by atoms with Crippen LogP contribution in [0.3, 0.4) is 0 Å². The summed E-state index contributed by atoms with van der Waals surface area (Å²) in [5, 5.41) is 2.66. The van der Waals surface area contributed by atoms with Gasteiger partial charge in [-0.2, -0.15) is 0 Å². The van der Waals surface area contributed by atoms with Gasteiger partial charge in [0.1, 0.15) is 0 Å². The average molecular weight is 548 g/mol. The van der Waals surface area contributed by atoms with E-state index in [1.54, 1.807) is 37.4 Å². The summed E-state index contributed by atoms with van der Waals surface area (Å²) < 4.78 is 11.6. The molecule has 1 amide bonds. The van der Waals surface area contributed by atoms with E-state index in [-0.39, 0.29) is 5.91 Å². The molecule has 1 fully saturated rings. The van der Waals surface area contributed by atoms with Gasteiger partial charge in [-0.15, -0.1) is 11.3 Å². The highest BCUT2D eigenvalue weighted by Gasteiger charge is 2.21. The Labute approximate surface area is 229 Å². The molecule has 0 atom stereocenters. The molecule has 1 N–H and O–H groups in total. The summed E-state index contributed by atoms with van der Waals surface area (Å²) in [6.07, 6.45) is 2.95. The third kappa shape index (κ3) is 5.81. The van der Waals surface area contributed by atoms with Gasteiger partial charge in [0.05, 0.1) is 42.1 Å². The number of thiophene rings is 1. The zero-order chi connectivity index (χ0) is 27.4. The number of anilines is 2. The number of aromatic nitrogens is 4. The minimum Gasteiger partial charge on any atom is -0.462 e. The van der Waals surface area contributed by atoms with Crippen LogP contribution in [0.25, 0.3) is 21.6 Å². The molecule has 202 valence electrons. The van der Waals surface area contributed by atoms with E-state index in [0.717, 1.165) is 39.6 Å². The largest absolute Gasteiger partial charge is 0.462 e. The Morgan fingerprint density at radius 3 is 2.62 bits per heavy atom. The van der Waals surface area contributed by atoms with Crippen molar-refractivity contribution >= 4 is 45.2 Å². The van der Waals surface area contributed by atoms with Crippen molar-refractivity contribution in [1.29, 1.82) is 0 Å². The second-order valence-electron chi connectivity index (χ2n) is 8.91. The molecule has 0 unspecified atom stereocenters. The number of hydrogen-bond donors (Lipinski definition) is 1. The van der Waals surface area contributed by atoms with Gasteiger partial charge in [0.2, 0.25) is 5.95 Å². The molecule has 11 nitrogen and oxygen atoms in total. The highest BCUT2D eigenvalue weighted by atomic mass is 32.1. The summed E-state index contributed by atoms with van der Waals surface area (Å²) in [4.78, 5) is 47.9. The second kappa shape index (κ2) is 11.7. The summed E-state index contributed by atoms with van der Waals surface area (Å²) in [5.41, 5.74) is 2.47. The van der Waals surface area contributed by atoms with E-state index in [0.29, 0.717) is 49.3 Å². The normalized spacial score (nSPS) is 13.4. The van der Waals surface area contributed by atoms with Crippen molar-refractivity contribution in [2.24, 2.45) is 0 Å². The maximum absolute atomic E-state index is 12.2. The monoisotopic (exact) mass is 547 g/mol. The van der Waals surface area contributed by atoms with Gasteiger partial charge < -0.3 is 24.6 Å². The zero-order valence-corrected chi connectivity index (χ0v) is 22.8. The number of benzene rings is 1. The average Bonchev–Trinajstić information content (AvgIpc) is 3.39. The van der Waals surface area contributed by atoms with Crippen molar-refractivity contribution < 1.29 is 19.1 Å². The first-order chi connectivity index (χ1) is 19.0. The number of nitrogens with one attached hydrogen (secondary N) is 1. The van der Waals surface area contributed by atoms with Crippen molar-refractivity contribution in [3.8, 4) is 11.4 Å². The number of fused-ring (bicyclic) bond motifs is 1. The zero-order valence-electron chi connectivity index (χ0n) is 22.0. The summed E-state index contributed by atoms with van der Waals surface area (Å²) in [7, 11) is 3.51. The molecule has 39 heavy (non-hydrogen) atoms. The predicted molar refractivity (Wildman–Crippen MR) is 149 cm³/mol. The van der Waals surface area contributed by atoms with E-state index in [2.05, 4.69) is 26.3 Å². The number of esters is 1. The maximum Gasteiger partial charge on any atom is 0.341 e. The van der Waals surface area contributed by atoms with Gasteiger partial charge >= 0.3 is 5.97 Å². The molecule has 5 rings (SSSR count). The fourth-order valence-corrected chi connectivity index (χ4v) is 5.41. The standard InChI is InChI=1S/C27H29N7O4S/c1-4-38-26(36)19-14-29-27(30-15-19)33(3)16-20-13-21-22(39-20)24(34-8-10-37-11-9-34)32-23(31-21)17-6-5-7-18(12-17)25(35)28-2/h5-7,12-15H,4,8-11,16H2,1-3H3,(H,28,35). The van der Waals surface area contributed by atoms with Crippen molar-refractivity contribution in [2.45, 2.75) is 13.5 Å². The number of ether oxygens (including phenoxy) is 2. The van der Waals surface area contributed by atoms with Crippen molar-refractivity contribution in [1.82, 2.24) is 25.3 Å². The lowest BCUT2D eigenvalue weighted by Gasteiger charge is -2.28. The van der Waals surface area contributed by atoms with Crippen molar-refractivity contribution in [2.75, 3.05) is 56.8 Å². The lowest BCUT2D eigenvalue weighted by Crippen LogP contribution is -2.36. The lowest BCUT2D eigenvalue weighted by molar-refractivity contribution is 0.0525. The summed E-state index contributed by atoms with van der Waals surface area (Å²) in [5.74, 6) is 1.31. The molecule has 0 spiro atoms. The number of hydrogen-bond acceptors (Lipinski definition) is 11. The minimum absolute atomic E-state index is 0.162. The number of carbonyl (C=O) groups is 2. The van der Waals surface area contributed by atoms with Crippen molar-refractivity contribution in [3.63, 3.8) is 0 Å². The van der Waals surface area contributed by atoms with E-state index in [1.807, 2.05) is 24.1 Å². The Bertz CT molecular complexity index is 1490. The quantitative estimate of drug-likeness (QED) is 0.329. The van der Waals surface area contributed by atoms with E-state index in [4.69, 9.17) is 19.4 Å². The highest BCUT2D eigenvalue weighted by Crippen LogP contribution is 2.35. The van der Waals surface area contributed by atoms with E-state index >= 15 is 0 Å². The number of carbonyl (C=O) groups excluding carboxylic acids is 2. The smallest absolute Gasteiger partial charge is 0.341 e. The second-order valence-corrected chi connectivity index (χ2v) is 10.0. The number of amides is 1. The fraction of sp³-hybridized carbons (Fsp3) is 0.333. The van der Waals surface area contributed by atoms with Gasteiger partial charge in [0.15, 0.2) is 11.6 Å². The van der Waals surface area contributed by atoms with Gasteiger partial charge in [-0.1, -0.05) is 12.1 Å². The molecule has 4 heterocycles. The van der Waals surface area contributed by atoms with Crippen LogP contribution in [0.5, 0.6) is 0 Å². The van der Waals surface area contributed by atoms with Gasteiger partial charge in [0, 0.05) is 55.6 Å². The number of rotatable bonds is 8. The van der Waals surface area contributed by atoms with Crippen LogP contribution in [-0.2, 0) is 16.0 Å². The van der Waals surface area contributed by atoms with Gasteiger partial charge in [-0.25, -0.2) is 24.7 Å². The molecule has 0 bridgehead atoms. The van der Waals surface area contributed by atoms with Crippen LogP contribution >= 0.6 is 11.3 Å². The maximum atomic E-state index is 12.2. The molecule has 1 aromatic carbocycles. The molecule has 1 aliphatic heterocycles. The first-order valence-electron chi connectivity index (χ1n) is 12.6. The van der Waals surface area contributed by atoms with E-state index in [1.165, 1.54) is 12.4 Å². The van der Waals surface area contributed by atoms with E-state index in [9.17, 15) is 9.59 Å². The van der Waals surface area contributed by atoms with Gasteiger partial charge in [-0.05, 0) is 25.1 Å². The molecule has 12 heteroatoms. The molecule has 0 aliphatic carbocycles. The van der Waals surface area contributed by atoms with Crippen LogP contribution in [-0.4, -0.2) is 78.8 Å². The number of morpholine rings is 1. The Kier molecular flexibility index (Phi) is 7.94. The van der Waals surface area contributed by atoms with E-state index < -0.39 is 5.97 Å². The molecule has 3 aromatic heterocycles. The fourth-order valence-electron chi connectivity index (χ4n) is 4.25. The molecular formula is C27H29N7O4S. The molecule has 1 saturated heterocycles. The minimum atomic E-state index is -0.443. The summed E-state index contributed by atoms with van der Waals surface area (Å²) in [6, 6.07) is 9.38. The third-order valence-electron chi connectivity index (χ3n) is 6.21. The predicted octanol–water partition coefficient (Wildman–Crippen LogP) is 3.16. The van der Waals surface area contributed by atoms with Crippen LogP contribution in [0.15, 0.2) is 42.7 Å². The molecule has 1 aliphatic rings. The van der Waals surface area contributed by atoms with Crippen LogP contribution < -0.4 is 15.1 Å². The van der Waals surface area contributed by atoms with Gasteiger partial charge in [-0.3, -0.25) is 4.79 Å². The molecular weight excluding hydrogens is 518 g/mol. The van der Waals surface area contributed by atoms with Crippen LogP contribution in [0, 0.1) is 0 Å². The summed E-state index contributed by atoms with van der Waals surface area (Å²) >= 11 is 1.63. The molecule has 4 aromatic rings. The number of nitrogens with zero attached hydrogens (tertiary/aromatic N) is 6. The lowest BCUT2D eigenvalue weighted by atomic mass is 10.1. The Balaban J connectivity index is 1.47. The Morgan fingerprint density at radius 1 is 1.13 bits per heavy atom. The first-order valence-corrected chi connectivity index (χ1v) is 13.4. The van der Waals surface area contributed by atoms with Crippen LogP contribution in [0.1, 0.15) is 32.5 Å². The van der Waals surface area contributed by atoms with Crippen molar-refractivity contribution in [3.05, 3.63) is 58.7 Å². The molecule has 0 radical (unpaired) electrons. The van der Waals surface area contributed by atoms with Crippen LogP contribution in [0.4, 0.5) is 11.8 Å². The Hall–Kier alpha value is -4.16. The Morgan fingerprint density at radius 2 is 1.90 bits per heavy atom. The highest BCUT2D eigenvalue weighted by molar-refractivity contribution is 7.19.